The molecule has 1 atom stereocenters. The van der Waals surface area contributed by atoms with Crippen LogP contribution in [0, 0.1) is 0 Å². The molecule has 0 saturated carbocycles. The Morgan fingerprint density at radius 2 is 1.94 bits per heavy atom. The fourth-order valence-electron chi connectivity index (χ4n) is 5.15. The van der Waals surface area contributed by atoms with E-state index in [1.807, 2.05) is 24.0 Å². The fourth-order valence-corrected chi connectivity index (χ4v) is 5.15. The number of likely N-dealkylation sites (tertiary alicyclic amines) is 2. The summed E-state index contributed by atoms with van der Waals surface area (Å²) in [4.78, 5) is 33.8. The molecule has 2 saturated heterocycles. The highest BCUT2D eigenvalue weighted by Gasteiger charge is 2.30. The summed E-state index contributed by atoms with van der Waals surface area (Å²) in [6.07, 6.45) is 9.62. The highest BCUT2D eigenvalue weighted by molar-refractivity contribution is 5.99. The van der Waals surface area contributed by atoms with Crippen molar-refractivity contribution in [3.63, 3.8) is 0 Å². The Morgan fingerprint density at radius 3 is 2.78 bits per heavy atom. The maximum Gasteiger partial charge on any atom is 0.323 e. The van der Waals surface area contributed by atoms with Gasteiger partial charge in [-0.2, -0.15) is 5.10 Å². The van der Waals surface area contributed by atoms with Gasteiger partial charge in [-0.3, -0.25) is 14.5 Å². The van der Waals surface area contributed by atoms with Crippen LogP contribution in [0.1, 0.15) is 54.9 Å². The SMILES string of the molecule is CCOC(=O)[C@H]1CCCCN1Cc1cccc(OC2CCN(C(=O)c3cnn4cccnc34)CC2)c1. The second-order valence-corrected chi connectivity index (χ2v) is 9.44. The van der Waals surface area contributed by atoms with Crippen molar-refractivity contribution in [3.05, 3.63) is 60.0 Å². The summed E-state index contributed by atoms with van der Waals surface area (Å²) in [6, 6.07) is 9.75. The van der Waals surface area contributed by atoms with Crippen LogP contribution in [0.15, 0.2) is 48.9 Å². The first kappa shape index (κ1) is 24.2. The molecule has 2 aliphatic heterocycles. The number of ether oxygens (including phenoxy) is 2. The summed E-state index contributed by atoms with van der Waals surface area (Å²) in [6.45, 7) is 5.10. The average molecular weight is 492 g/mol. The van der Waals surface area contributed by atoms with E-state index in [9.17, 15) is 9.59 Å². The number of carbonyl (C=O) groups excluding carboxylic acids is 2. The third-order valence-electron chi connectivity index (χ3n) is 7.00. The largest absolute Gasteiger partial charge is 0.490 e. The van der Waals surface area contributed by atoms with E-state index in [1.54, 1.807) is 29.2 Å². The number of hydrogen-bond acceptors (Lipinski definition) is 7. The highest BCUT2D eigenvalue weighted by Crippen LogP contribution is 2.25. The van der Waals surface area contributed by atoms with Crippen LogP contribution in [0.5, 0.6) is 5.75 Å². The molecule has 0 aliphatic carbocycles. The van der Waals surface area contributed by atoms with E-state index in [0.717, 1.165) is 50.0 Å². The molecule has 0 N–H and O–H groups in total. The van der Waals surface area contributed by atoms with Gasteiger partial charge >= 0.3 is 5.97 Å². The van der Waals surface area contributed by atoms with Crippen LogP contribution >= 0.6 is 0 Å². The molecule has 0 bridgehead atoms. The number of rotatable bonds is 7. The van der Waals surface area contributed by atoms with Crippen molar-refractivity contribution < 1.29 is 19.1 Å². The van der Waals surface area contributed by atoms with Crippen molar-refractivity contribution >= 4 is 17.5 Å². The summed E-state index contributed by atoms with van der Waals surface area (Å²) < 4.78 is 13.2. The molecule has 2 fully saturated rings. The van der Waals surface area contributed by atoms with Crippen LogP contribution in [-0.2, 0) is 16.1 Å². The normalized spacial score (nSPS) is 19.4. The standard InChI is InChI=1S/C27H33N5O4/c1-2-35-27(34)24-9-3-4-13-31(24)19-20-7-5-8-22(17-20)36-21-10-15-30(16-11-21)26(33)23-18-29-32-14-6-12-28-25(23)32/h5-8,12,14,17-18,21,24H,2-4,9-11,13,15-16,19H2,1H3/t24-/m1/s1. The molecule has 4 heterocycles. The Kier molecular flexibility index (Phi) is 7.46. The zero-order valence-corrected chi connectivity index (χ0v) is 20.7. The minimum atomic E-state index is -0.173. The maximum atomic E-state index is 13.0. The lowest BCUT2D eigenvalue weighted by atomic mass is 10.0. The lowest BCUT2D eigenvalue weighted by molar-refractivity contribution is -0.151. The molecule has 1 aromatic carbocycles. The molecule has 9 nitrogen and oxygen atoms in total. The minimum Gasteiger partial charge on any atom is -0.490 e. The number of hydrogen-bond donors (Lipinski definition) is 0. The van der Waals surface area contributed by atoms with Crippen molar-refractivity contribution in [2.75, 3.05) is 26.2 Å². The van der Waals surface area contributed by atoms with Gasteiger partial charge < -0.3 is 14.4 Å². The molecule has 36 heavy (non-hydrogen) atoms. The monoisotopic (exact) mass is 491 g/mol. The van der Waals surface area contributed by atoms with E-state index >= 15 is 0 Å². The van der Waals surface area contributed by atoms with Crippen LogP contribution in [-0.4, -0.2) is 74.7 Å². The van der Waals surface area contributed by atoms with Gasteiger partial charge in [0.15, 0.2) is 5.65 Å². The molecule has 9 heteroatoms. The number of nitrogens with zero attached hydrogens (tertiary/aromatic N) is 5. The van der Waals surface area contributed by atoms with Crippen LogP contribution in [0.4, 0.5) is 0 Å². The molecule has 190 valence electrons. The molecule has 0 spiro atoms. The summed E-state index contributed by atoms with van der Waals surface area (Å²) in [5.41, 5.74) is 2.23. The smallest absolute Gasteiger partial charge is 0.323 e. The molecule has 0 radical (unpaired) electrons. The predicted molar refractivity (Wildman–Crippen MR) is 134 cm³/mol. The minimum absolute atomic E-state index is 0.0400. The molecule has 2 aliphatic rings. The van der Waals surface area contributed by atoms with Gasteiger partial charge in [-0.25, -0.2) is 9.50 Å². The Morgan fingerprint density at radius 1 is 1.08 bits per heavy atom. The van der Waals surface area contributed by atoms with Crippen LogP contribution in [0.2, 0.25) is 0 Å². The molecule has 5 rings (SSSR count). The molecule has 0 unspecified atom stereocenters. The third-order valence-corrected chi connectivity index (χ3v) is 7.00. The first-order valence-electron chi connectivity index (χ1n) is 12.9. The number of esters is 1. The van der Waals surface area contributed by atoms with Crippen LogP contribution in [0.25, 0.3) is 5.65 Å². The lowest BCUT2D eigenvalue weighted by Gasteiger charge is -2.34. The zero-order chi connectivity index (χ0) is 24.9. The van der Waals surface area contributed by atoms with Gasteiger partial charge in [0.2, 0.25) is 0 Å². The second kappa shape index (κ2) is 11.1. The van der Waals surface area contributed by atoms with E-state index in [4.69, 9.17) is 9.47 Å². The van der Waals surface area contributed by atoms with Gasteiger partial charge in [-0.15, -0.1) is 0 Å². The van der Waals surface area contributed by atoms with Gasteiger partial charge in [0.05, 0.1) is 12.8 Å². The highest BCUT2D eigenvalue weighted by atomic mass is 16.5. The number of aromatic nitrogens is 3. The molecule has 1 amide bonds. The van der Waals surface area contributed by atoms with E-state index in [2.05, 4.69) is 27.1 Å². The number of benzene rings is 1. The lowest BCUT2D eigenvalue weighted by Crippen LogP contribution is -2.44. The van der Waals surface area contributed by atoms with Gasteiger partial charge in [0, 0.05) is 44.9 Å². The Bertz CT molecular complexity index is 1200. The van der Waals surface area contributed by atoms with Crippen LogP contribution < -0.4 is 4.74 Å². The summed E-state index contributed by atoms with van der Waals surface area (Å²) in [7, 11) is 0. The molecule has 3 aromatic rings. The molecular formula is C27H33N5O4. The first-order chi connectivity index (χ1) is 17.6. The number of amides is 1. The molecular weight excluding hydrogens is 458 g/mol. The zero-order valence-electron chi connectivity index (χ0n) is 20.7. The Labute approximate surface area is 211 Å². The van der Waals surface area contributed by atoms with Gasteiger partial charge in [-0.1, -0.05) is 18.6 Å². The third kappa shape index (κ3) is 5.36. The number of fused-ring (bicyclic) bond motifs is 1. The van der Waals surface area contributed by atoms with Crippen molar-refractivity contribution in [2.45, 2.75) is 57.7 Å². The quantitative estimate of drug-likeness (QED) is 0.469. The Hall–Kier alpha value is -3.46. The summed E-state index contributed by atoms with van der Waals surface area (Å²) in [5, 5.41) is 4.23. The summed E-state index contributed by atoms with van der Waals surface area (Å²) >= 11 is 0. The van der Waals surface area contributed by atoms with E-state index in [0.29, 0.717) is 37.5 Å². The number of carbonyl (C=O) groups is 2. The Balaban J connectivity index is 1.17. The van der Waals surface area contributed by atoms with Crippen molar-refractivity contribution in [2.24, 2.45) is 0 Å². The van der Waals surface area contributed by atoms with E-state index < -0.39 is 0 Å². The maximum absolute atomic E-state index is 13.0. The summed E-state index contributed by atoms with van der Waals surface area (Å²) in [5.74, 6) is 0.668. The van der Waals surface area contributed by atoms with Crippen LogP contribution in [0.3, 0.4) is 0 Å². The first-order valence-corrected chi connectivity index (χ1v) is 12.9. The van der Waals surface area contributed by atoms with E-state index in [-0.39, 0.29) is 24.0 Å². The fraction of sp³-hybridized carbons (Fsp3) is 0.481. The molecule has 2 aromatic heterocycles. The second-order valence-electron chi connectivity index (χ2n) is 9.44. The van der Waals surface area contributed by atoms with Gasteiger partial charge in [0.1, 0.15) is 23.5 Å². The van der Waals surface area contributed by atoms with Gasteiger partial charge in [0.25, 0.3) is 5.91 Å². The van der Waals surface area contributed by atoms with E-state index in [1.165, 1.54) is 0 Å². The van der Waals surface area contributed by atoms with Crippen molar-refractivity contribution in [3.8, 4) is 5.75 Å². The van der Waals surface area contributed by atoms with Gasteiger partial charge in [-0.05, 0) is 50.1 Å². The average Bonchev–Trinajstić information content (AvgIpc) is 3.34. The topological polar surface area (TPSA) is 89.3 Å². The van der Waals surface area contributed by atoms with Crippen molar-refractivity contribution in [1.29, 1.82) is 0 Å². The predicted octanol–water partition coefficient (Wildman–Crippen LogP) is 3.33. The van der Waals surface area contributed by atoms with Crippen molar-refractivity contribution in [1.82, 2.24) is 24.4 Å². The number of piperidine rings is 2.